The van der Waals surface area contributed by atoms with Crippen molar-refractivity contribution in [1.82, 2.24) is 14.9 Å². The minimum atomic E-state index is -0.168. The highest BCUT2D eigenvalue weighted by Gasteiger charge is 2.26. The molecule has 1 aliphatic rings. The van der Waals surface area contributed by atoms with Gasteiger partial charge in [-0.2, -0.15) is 0 Å². The normalized spacial score (nSPS) is 19.5. The number of nitrogens with zero attached hydrogens (tertiary/aromatic N) is 2. The van der Waals surface area contributed by atoms with Gasteiger partial charge in [-0.3, -0.25) is 4.79 Å². The second-order valence-electron chi connectivity index (χ2n) is 8.56. The summed E-state index contributed by atoms with van der Waals surface area (Å²) in [6.07, 6.45) is 8.53. The Morgan fingerprint density at radius 3 is 2.88 bits per heavy atom. The molecule has 1 N–H and O–H groups in total. The van der Waals surface area contributed by atoms with Crippen LogP contribution in [0.1, 0.15) is 73.9 Å². The third-order valence-corrected chi connectivity index (χ3v) is 6.31. The van der Waals surface area contributed by atoms with Gasteiger partial charge in [0.15, 0.2) is 6.29 Å². The number of carbonyl (C=O) groups is 1. The quantitative estimate of drug-likeness (QED) is 0.460. The molecule has 0 saturated carbocycles. The Morgan fingerprint density at radius 2 is 2.18 bits per heavy atom. The zero-order valence-corrected chi connectivity index (χ0v) is 20.1. The van der Waals surface area contributed by atoms with Crippen molar-refractivity contribution in [3.8, 4) is 11.8 Å². The van der Waals surface area contributed by atoms with Crippen LogP contribution in [0.25, 0.3) is 0 Å². The van der Waals surface area contributed by atoms with Gasteiger partial charge in [-0.1, -0.05) is 30.9 Å². The molecule has 0 spiro atoms. The molecule has 0 aliphatic carbocycles. The van der Waals surface area contributed by atoms with E-state index in [2.05, 4.69) is 47.1 Å². The molecule has 1 aromatic carbocycles. The predicted octanol–water partition coefficient (Wildman–Crippen LogP) is 4.90. The smallest absolute Gasteiger partial charge is 0.251 e. The summed E-state index contributed by atoms with van der Waals surface area (Å²) in [5, 5.41) is 2.64. The predicted molar refractivity (Wildman–Crippen MR) is 130 cm³/mol. The van der Waals surface area contributed by atoms with Crippen LogP contribution in [-0.4, -0.2) is 35.4 Å². The summed E-state index contributed by atoms with van der Waals surface area (Å²) < 4.78 is 14.1. The van der Waals surface area contributed by atoms with Gasteiger partial charge in [-0.05, 0) is 57.2 Å². The summed E-state index contributed by atoms with van der Waals surface area (Å²) in [7, 11) is 1.62. The topological polar surface area (TPSA) is 65.4 Å². The third-order valence-electron chi connectivity index (χ3n) is 6.31. The molecule has 1 aliphatic heterocycles. The molecule has 0 radical (unpaired) electrons. The Kier molecular flexibility index (Phi) is 8.87. The summed E-state index contributed by atoms with van der Waals surface area (Å²) in [4.78, 5) is 16.5. The Labute approximate surface area is 197 Å². The number of hydrogen-bond acceptors (Lipinski definition) is 4. The van der Waals surface area contributed by atoms with Crippen molar-refractivity contribution in [2.75, 3.05) is 13.7 Å². The number of aromatic nitrogens is 2. The van der Waals surface area contributed by atoms with Crippen molar-refractivity contribution in [2.45, 2.75) is 58.5 Å². The lowest BCUT2D eigenvalue weighted by molar-refractivity contribution is -0.188. The van der Waals surface area contributed by atoms with Crippen LogP contribution < -0.4 is 5.32 Å². The molecule has 33 heavy (non-hydrogen) atoms. The lowest BCUT2D eigenvalue weighted by atomic mass is 9.88. The van der Waals surface area contributed by atoms with Crippen LogP contribution >= 0.6 is 0 Å². The van der Waals surface area contributed by atoms with Gasteiger partial charge in [0.1, 0.15) is 11.9 Å². The number of carbonyl (C=O) groups excluding carboxylic acids is 1. The first-order valence-electron chi connectivity index (χ1n) is 11.7. The first-order chi connectivity index (χ1) is 15.9. The van der Waals surface area contributed by atoms with E-state index < -0.39 is 0 Å². The molecule has 1 amide bonds. The molecule has 1 saturated heterocycles. The summed E-state index contributed by atoms with van der Waals surface area (Å²) in [5.74, 6) is 7.48. The molecule has 2 unspecified atom stereocenters. The van der Waals surface area contributed by atoms with E-state index in [-0.39, 0.29) is 36.2 Å². The first kappa shape index (κ1) is 24.8. The van der Waals surface area contributed by atoms with Gasteiger partial charge >= 0.3 is 0 Å². The molecule has 0 bridgehead atoms. The van der Waals surface area contributed by atoms with E-state index in [0.717, 1.165) is 37.3 Å². The van der Waals surface area contributed by atoms with E-state index >= 15 is 0 Å². The summed E-state index contributed by atoms with van der Waals surface area (Å²) in [6.45, 7) is 11.1. The van der Waals surface area contributed by atoms with E-state index in [1.54, 1.807) is 19.2 Å². The van der Waals surface area contributed by atoms with E-state index in [1.165, 1.54) is 0 Å². The largest absolute Gasteiger partial charge is 0.355 e. The first-order valence-corrected chi connectivity index (χ1v) is 11.7. The van der Waals surface area contributed by atoms with Crippen molar-refractivity contribution in [2.24, 2.45) is 11.8 Å². The summed E-state index contributed by atoms with van der Waals surface area (Å²) >= 11 is 0. The maximum atomic E-state index is 11.9. The minimum absolute atomic E-state index is 0.0307. The van der Waals surface area contributed by atoms with Crippen LogP contribution in [0, 0.1) is 23.7 Å². The Balaban J connectivity index is 1.72. The monoisotopic (exact) mass is 449 g/mol. The lowest BCUT2D eigenvalue weighted by Crippen LogP contribution is -2.26. The van der Waals surface area contributed by atoms with E-state index in [4.69, 9.17) is 9.47 Å². The molecule has 6 nitrogen and oxygen atoms in total. The van der Waals surface area contributed by atoms with Crippen molar-refractivity contribution in [3.63, 3.8) is 0 Å². The Bertz CT molecular complexity index is 997. The van der Waals surface area contributed by atoms with Gasteiger partial charge in [0.2, 0.25) is 0 Å². The van der Waals surface area contributed by atoms with Crippen molar-refractivity contribution in [1.29, 1.82) is 0 Å². The van der Waals surface area contributed by atoms with Crippen LogP contribution in [-0.2, 0) is 9.47 Å². The fourth-order valence-electron chi connectivity index (χ4n) is 4.10. The van der Waals surface area contributed by atoms with Gasteiger partial charge in [-0.25, -0.2) is 4.98 Å². The average molecular weight is 450 g/mol. The number of rotatable bonds is 8. The molecule has 5 atom stereocenters. The number of imidazole rings is 1. The van der Waals surface area contributed by atoms with Crippen LogP contribution in [0.3, 0.4) is 0 Å². The number of amides is 1. The molecule has 6 heteroatoms. The van der Waals surface area contributed by atoms with Crippen LogP contribution in [0.15, 0.2) is 49.3 Å². The van der Waals surface area contributed by atoms with Crippen molar-refractivity contribution in [3.05, 3.63) is 66.3 Å². The molecule has 2 heterocycles. The number of hydrogen-bond donors (Lipinski definition) is 1. The summed E-state index contributed by atoms with van der Waals surface area (Å²) in [5.41, 5.74) is 1.40. The highest BCUT2D eigenvalue weighted by Crippen LogP contribution is 2.30. The fourth-order valence-corrected chi connectivity index (χ4v) is 4.10. The average Bonchev–Trinajstić information content (AvgIpc) is 3.34. The zero-order valence-electron chi connectivity index (χ0n) is 20.1. The minimum Gasteiger partial charge on any atom is -0.355 e. The third kappa shape index (κ3) is 6.34. The van der Waals surface area contributed by atoms with Gasteiger partial charge < -0.3 is 19.4 Å². The molecular formula is C27H35N3O3. The molecule has 1 aromatic heterocycles. The number of allylic oxidation sites excluding steroid dienone is 1. The molecule has 176 valence electrons. The molecule has 2 aromatic rings. The second kappa shape index (κ2) is 11.8. The lowest BCUT2D eigenvalue weighted by Gasteiger charge is -2.29. The maximum Gasteiger partial charge on any atom is 0.251 e. The van der Waals surface area contributed by atoms with Gasteiger partial charge in [-0.15, -0.1) is 6.58 Å². The Morgan fingerprint density at radius 1 is 1.36 bits per heavy atom. The fraction of sp³-hybridized carbons (Fsp3) is 0.481. The van der Waals surface area contributed by atoms with Crippen molar-refractivity contribution < 1.29 is 14.3 Å². The molecular weight excluding hydrogens is 414 g/mol. The summed E-state index contributed by atoms with van der Waals surface area (Å²) in [6, 6.07) is 7.48. The maximum absolute atomic E-state index is 11.9. The van der Waals surface area contributed by atoms with Crippen molar-refractivity contribution >= 4 is 5.91 Å². The number of nitrogens with one attached hydrogen (secondary N) is 1. The van der Waals surface area contributed by atoms with Crippen LogP contribution in [0.2, 0.25) is 0 Å². The van der Waals surface area contributed by atoms with E-state index in [0.29, 0.717) is 5.56 Å². The highest BCUT2D eigenvalue weighted by molar-refractivity contribution is 5.94. The Hall–Kier alpha value is -2.88. The van der Waals surface area contributed by atoms with Crippen LogP contribution in [0.5, 0.6) is 0 Å². The van der Waals surface area contributed by atoms with Gasteiger partial charge in [0.05, 0.1) is 0 Å². The standard InChI is InChI=1S/C27H35N3O3/c1-6-23(14-13-22-10-9-11-24(18-22)27(31)28-5)19(2)20(3)30-16-15-29-26(30)21(4)33-25-12-7-8-17-32-25/h6,9-11,15-16,18-21,23,25H,1,7-8,12,17H2,2-5H3,(H,28,31)/t19-,20?,21-,23-,25?/m0/s1. The highest BCUT2D eigenvalue weighted by atomic mass is 16.7. The number of ether oxygens (including phenoxy) is 2. The zero-order chi connectivity index (χ0) is 23.8. The van der Waals surface area contributed by atoms with Gasteiger partial charge in [0, 0.05) is 49.1 Å². The van der Waals surface area contributed by atoms with Crippen LogP contribution in [0.4, 0.5) is 0 Å². The van der Waals surface area contributed by atoms with Gasteiger partial charge in [0.25, 0.3) is 5.91 Å². The molecule has 1 fully saturated rings. The van der Waals surface area contributed by atoms with E-state index in [1.807, 2.05) is 37.5 Å². The second-order valence-corrected chi connectivity index (χ2v) is 8.56. The number of benzene rings is 1. The van der Waals surface area contributed by atoms with E-state index in [9.17, 15) is 4.79 Å². The SMILES string of the molecule is C=C[C@@H](C#Cc1cccc(C(=O)NC)c1)[C@@H](C)C(C)n1ccnc1[C@H](C)OC1CCCCO1. The molecule has 3 rings (SSSR count).